The number of rotatable bonds is 3. The highest BCUT2D eigenvalue weighted by Gasteiger charge is 1.67. The fourth-order valence-electron chi connectivity index (χ4n) is 0.0913. The topological polar surface area (TPSA) is 69.9 Å². The second-order valence-corrected chi connectivity index (χ2v) is 4.43. The van der Waals surface area contributed by atoms with Gasteiger partial charge in [-0.2, -0.15) is 0 Å². The lowest BCUT2D eigenvalue weighted by molar-refractivity contribution is 0.135. The van der Waals surface area contributed by atoms with Crippen LogP contribution >= 0.6 is 0 Å². The van der Waals surface area contributed by atoms with Crippen LogP contribution in [0.4, 0.5) is 0 Å². The van der Waals surface area contributed by atoms with Crippen LogP contribution in [0, 0.1) is 0 Å². The zero-order chi connectivity index (χ0) is 43.2. The van der Waals surface area contributed by atoms with Crippen molar-refractivity contribution in [2.75, 3.05) is 33.5 Å². The van der Waals surface area contributed by atoms with Crippen molar-refractivity contribution in [3.8, 4) is 0 Å². The van der Waals surface area contributed by atoms with Crippen LogP contribution in [0.5, 0.6) is 0 Å². The van der Waals surface area contributed by atoms with Crippen molar-refractivity contribution in [2.45, 2.75) is 55.4 Å². The van der Waals surface area contributed by atoms with Crippen molar-refractivity contribution in [1.29, 1.82) is 0 Å². The predicted molar refractivity (Wildman–Crippen MR) is 239 cm³/mol. The first-order chi connectivity index (χ1) is 22.6. The highest BCUT2D eigenvalue weighted by molar-refractivity contribution is 4.53. The Morgan fingerprint density at radius 2 is 0.404 bits per heavy atom. The van der Waals surface area contributed by atoms with Crippen LogP contribution in [-0.2, 0) is 4.74 Å². The van der Waals surface area contributed by atoms with Gasteiger partial charge in [-0.1, -0.05) is 48.6 Å². The van der Waals surface area contributed by atoms with Crippen LogP contribution in [-0.4, -0.2) is 48.9 Å². The number of allylic oxidation sites excluding steroid dienone is 8. The fraction of sp³-hybridized carbons (Fsp3) is 0.302. The molecule has 0 aromatic carbocycles. The number of aliphatic hydroxyl groups excluding tert-OH is 3. The zero-order valence-corrected chi connectivity index (χ0v) is 33.8. The average Bonchev–Trinajstić information content (AvgIpc) is 3.11. The van der Waals surface area contributed by atoms with Crippen molar-refractivity contribution in [2.24, 2.45) is 0 Å². The van der Waals surface area contributed by atoms with Gasteiger partial charge in [0.1, 0.15) is 0 Å². The number of hydrogen-bond acceptors (Lipinski definition) is 4. The van der Waals surface area contributed by atoms with Gasteiger partial charge in [0.05, 0.1) is 26.4 Å². The molecule has 0 unspecified atom stereocenters. The lowest BCUT2D eigenvalue weighted by atomic mass is 10.8. The van der Waals surface area contributed by atoms with Gasteiger partial charge < -0.3 is 20.1 Å². The quantitative estimate of drug-likeness (QED) is 0.261. The molecule has 47 heavy (non-hydrogen) atoms. The van der Waals surface area contributed by atoms with Gasteiger partial charge in [0.2, 0.25) is 0 Å². The molecule has 4 heteroatoms. The highest BCUT2D eigenvalue weighted by atomic mass is 16.5. The molecule has 0 bridgehead atoms. The Bertz CT molecular complexity index is 280. The van der Waals surface area contributed by atoms with Gasteiger partial charge in [-0.25, -0.2) is 0 Å². The van der Waals surface area contributed by atoms with Crippen LogP contribution < -0.4 is 0 Å². The number of methoxy groups -OCH3 is 1. The molecule has 0 aromatic rings. The summed E-state index contributed by atoms with van der Waals surface area (Å²) in [7, 11) is 1.55. The molecule has 286 valence electrons. The van der Waals surface area contributed by atoms with Crippen molar-refractivity contribution < 1.29 is 20.1 Å². The molecule has 0 rings (SSSR count). The van der Waals surface area contributed by atoms with E-state index < -0.39 is 0 Å². The van der Waals surface area contributed by atoms with E-state index >= 15 is 0 Å². The monoisotopic (exact) mass is 671 g/mol. The summed E-state index contributed by atoms with van der Waals surface area (Å²) >= 11 is 0. The molecule has 0 aliphatic rings. The molecular weight excluding hydrogens is 580 g/mol. The second-order valence-electron chi connectivity index (χ2n) is 4.43. The normalized spacial score (nSPS) is 4.34. The van der Waals surface area contributed by atoms with Gasteiger partial charge >= 0.3 is 0 Å². The van der Waals surface area contributed by atoms with Crippen molar-refractivity contribution >= 4 is 0 Å². The first-order valence-corrected chi connectivity index (χ1v) is 14.0. The molecule has 0 amide bonds. The van der Waals surface area contributed by atoms with E-state index in [0.29, 0.717) is 6.61 Å². The molecule has 0 fully saturated rings. The molecule has 0 aromatic heterocycles. The van der Waals surface area contributed by atoms with E-state index in [1.165, 1.54) is 0 Å². The molecule has 0 radical (unpaired) electrons. The summed E-state index contributed by atoms with van der Waals surface area (Å²) in [5.74, 6) is 0. The van der Waals surface area contributed by atoms with E-state index in [1.54, 1.807) is 55.7 Å². The maximum atomic E-state index is 7.94. The summed E-state index contributed by atoms with van der Waals surface area (Å²) in [5, 5.41) is 23.2. The Hall–Kier alpha value is -4.06. The molecule has 0 atom stereocenters. The van der Waals surface area contributed by atoms with E-state index in [-0.39, 0.29) is 19.8 Å². The second kappa shape index (κ2) is 880. The summed E-state index contributed by atoms with van der Waals surface area (Å²) in [5.41, 5.74) is 0. The van der Waals surface area contributed by atoms with Gasteiger partial charge in [0, 0.05) is 7.11 Å². The molecule has 0 aliphatic carbocycles. The third-order valence-electron chi connectivity index (χ3n) is 0.395. The fourth-order valence-corrected chi connectivity index (χ4v) is 0.0913. The van der Waals surface area contributed by atoms with Crippen LogP contribution in [0.2, 0.25) is 0 Å². The Morgan fingerprint density at radius 1 is 0.319 bits per heavy atom. The summed E-state index contributed by atoms with van der Waals surface area (Å²) < 4.78 is 4.44. The Morgan fingerprint density at radius 3 is 0.404 bits per heavy atom. The van der Waals surface area contributed by atoms with E-state index in [2.05, 4.69) is 149 Å². The first-order valence-electron chi connectivity index (χ1n) is 14.0. The molecule has 0 saturated heterocycles. The van der Waals surface area contributed by atoms with Crippen LogP contribution in [0.1, 0.15) is 55.4 Å². The van der Waals surface area contributed by atoms with Gasteiger partial charge in [0.15, 0.2) is 0 Å². The summed E-state index contributed by atoms with van der Waals surface area (Å²) in [6.07, 6.45) is 14.0. The summed E-state index contributed by atoms with van der Waals surface area (Å²) in [4.78, 5) is 0. The molecule has 0 aliphatic heterocycles. The minimum absolute atomic E-state index is 0.122. The van der Waals surface area contributed by atoms with Crippen LogP contribution in [0.3, 0.4) is 0 Å². The lowest BCUT2D eigenvalue weighted by Gasteiger charge is -1.84. The molecule has 4 nitrogen and oxygen atoms in total. The van der Waals surface area contributed by atoms with Crippen molar-refractivity contribution in [3.05, 3.63) is 193 Å². The van der Waals surface area contributed by atoms with Crippen molar-refractivity contribution in [1.82, 2.24) is 0 Å². The third-order valence-corrected chi connectivity index (χ3v) is 0.395. The van der Waals surface area contributed by atoms with Crippen molar-refractivity contribution in [3.63, 3.8) is 0 Å². The highest BCUT2D eigenvalue weighted by Crippen LogP contribution is 1.56. The molecule has 0 saturated carbocycles. The number of aliphatic hydroxyl groups is 3. The van der Waals surface area contributed by atoms with Gasteiger partial charge in [-0.15, -0.1) is 145 Å². The average molecular weight is 671 g/mol. The van der Waals surface area contributed by atoms with E-state index in [0.717, 1.165) is 0 Å². The molecule has 0 spiro atoms. The Labute approximate surface area is 301 Å². The lowest BCUT2D eigenvalue weighted by Crippen LogP contribution is -1.91. The third kappa shape index (κ3) is 59500. The van der Waals surface area contributed by atoms with Gasteiger partial charge in [-0.05, 0) is 55.4 Å². The minimum Gasteiger partial charge on any atom is -0.394 e. The number of hydrogen-bond donors (Lipinski definition) is 3. The van der Waals surface area contributed by atoms with E-state index in [1.807, 2.05) is 55.4 Å². The largest absolute Gasteiger partial charge is 0.394 e. The van der Waals surface area contributed by atoms with Crippen LogP contribution in [0.25, 0.3) is 0 Å². The molecule has 0 heterocycles. The van der Waals surface area contributed by atoms with Gasteiger partial charge in [0.25, 0.3) is 0 Å². The molecular formula is C43H90O4. The smallest absolute Gasteiger partial charge is 0.0693 e. The number of ether oxygens (including phenoxy) is 1. The summed E-state index contributed by atoms with van der Waals surface area (Å²) in [6, 6.07) is 0. The minimum atomic E-state index is -0.125. The van der Waals surface area contributed by atoms with Gasteiger partial charge in [-0.3, -0.25) is 0 Å². The predicted octanol–water partition coefficient (Wildman–Crippen LogP) is 13.7. The Kier molecular flexibility index (Phi) is 2100. The maximum Gasteiger partial charge on any atom is 0.0693 e. The van der Waals surface area contributed by atoms with E-state index in [4.69, 9.17) is 15.3 Å². The zero-order valence-electron chi connectivity index (χ0n) is 33.8. The SMILES string of the molecule is C=C.C=C.C=C.C=C.C=C.C=C.C=C.C=CC.C=CC.C=CC.C=CC.C=CC.C=CC.C=CC.C=CC.COCCO.OCCO. The molecule has 3 N–H and O–H groups in total. The Balaban J connectivity index is -0.0000000137. The maximum absolute atomic E-state index is 7.94. The first kappa shape index (κ1) is 112. The van der Waals surface area contributed by atoms with E-state index in [9.17, 15) is 0 Å². The van der Waals surface area contributed by atoms with Crippen LogP contribution in [0.15, 0.2) is 193 Å². The standard InChI is InChI=1S/C3H8O2.8C3H6.C2H6O2.7C2H4/c1-5-3-2-4;8*1-3-2;3-1-2-4;7*1-2/h4H,2-3H2,1H3;8*3H,1H2,2H3;3-4H,1-2H2;7*1-2H2. The summed E-state index contributed by atoms with van der Waals surface area (Å²) in [6.45, 7) is 84.3.